The van der Waals surface area contributed by atoms with Crippen molar-refractivity contribution in [3.05, 3.63) is 114 Å². The SMILES string of the molecule is CC1(C)OB(c2ccc3c4c(cccc24)-c2c-3c(-c3cc(F)cc(F)c3)c3ccccc3c2-c2cc(F)cc(F)c2)OC1(C)C. The van der Waals surface area contributed by atoms with Gasteiger partial charge in [0.15, 0.2) is 0 Å². The van der Waals surface area contributed by atoms with Gasteiger partial charge in [-0.3, -0.25) is 0 Å². The van der Waals surface area contributed by atoms with Crippen molar-refractivity contribution in [3.8, 4) is 44.5 Å². The van der Waals surface area contributed by atoms with Crippen LogP contribution in [0.25, 0.3) is 66.1 Å². The summed E-state index contributed by atoms with van der Waals surface area (Å²) in [7, 11) is -0.629. The Morgan fingerprint density at radius 1 is 0.489 bits per heavy atom. The van der Waals surface area contributed by atoms with Crippen molar-refractivity contribution in [3.63, 3.8) is 0 Å². The van der Waals surface area contributed by atoms with Crippen molar-refractivity contribution in [2.45, 2.75) is 38.9 Å². The van der Waals surface area contributed by atoms with Crippen LogP contribution >= 0.6 is 0 Å². The molecule has 0 unspecified atom stereocenters. The summed E-state index contributed by atoms with van der Waals surface area (Å²) < 4.78 is 72.1. The largest absolute Gasteiger partial charge is 0.495 e. The van der Waals surface area contributed by atoms with Crippen LogP contribution < -0.4 is 5.46 Å². The van der Waals surface area contributed by atoms with Crippen LogP contribution in [0.4, 0.5) is 17.6 Å². The fourth-order valence-electron chi connectivity index (χ4n) is 6.99. The van der Waals surface area contributed by atoms with Gasteiger partial charge in [-0.25, -0.2) is 17.6 Å². The topological polar surface area (TPSA) is 18.5 Å². The summed E-state index contributed by atoms with van der Waals surface area (Å²) >= 11 is 0. The lowest BCUT2D eigenvalue weighted by atomic mass is 9.75. The summed E-state index contributed by atoms with van der Waals surface area (Å²) in [5.74, 6) is -2.79. The molecule has 1 saturated heterocycles. The number of fused-ring (bicyclic) bond motifs is 4. The van der Waals surface area contributed by atoms with Crippen LogP contribution in [0, 0.1) is 23.3 Å². The summed E-state index contributed by atoms with van der Waals surface area (Å²) in [4.78, 5) is 0. The highest BCUT2D eigenvalue weighted by molar-refractivity contribution is 6.65. The molecule has 6 aromatic rings. The average Bonchev–Trinajstić information content (AvgIpc) is 3.40. The third kappa shape index (κ3) is 4.10. The fraction of sp³-hybridized carbons (Fsp3) is 0.158. The highest BCUT2D eigenvalue weighted by Crippen LogP contribution is 2.57. The Labute approximate surface area is 258 Å². The van der Waals surface area contributed by atoms with Crippen LogP contribution in [-0.4, -0.2) is 18.3 Å². The van der Waals surface area contributed by atoms with Crippen molar-refractivity contribution in [1.82, 2.24) is 0 Å². The van der Waals surface area contributed by atoms with Crippen molar-refractivity contribution >= 4 is 34.1 Å². The van der Waals surface area contributed by atoms with Gasteiger partial charge in [-0.1, -0.05) is 54.6 Å². The maximum Gasteiger partial charge on any atom is 0.495 e. The maximum absolute atomic E-state index is 14.8. The van der Waals surface area contributed by atoms with Gasteiger partial charge in [0.1, 0.15) is 23.3 Å². The molecule has 1 fully saturated rings. The van der Waals surface area contributed by atoms with E-state index in [1.807, 2.05) is 82.3 Å². The zero-order chi connectivity index (χ0) is 31.4. The van der Waals surface area contributed by atoms with Gasteiger partial charge in [-0.15, -0.1) is 0 Å². The monoisotopic (exact) mass is 602 g/mol. The molecule has 8 rings (SSSR count). The number of rotatable bonds is 3. The molecule has 0 N–H and O–H groups in total. The number of hydrogen-bond acceptors (Lipinski definition) is 2. The van der Waals surface area contributed by atoms with Gasteiger partial charge < -0.3 is 9.31 Å². The first-order chi connectivity index (χ1) is 21.4. The second kappa shape index (κ2) is 9.52. The highest BCUT2D eigenvalue weighted by Gasteiger charge is 2.52. The van der Waals surface area contributed by atoms with Crippen LogP contribution in [0.15, 0.2) is 91.0 Å². The molecule has 7 heteroatoms. The molecule has 6 aromatic carbocycles. The van der Waals surface area contributed by atoms with E-state index in [0.29, 0.717) is 33.0 Å². The first kappa shape index (κ1) is 28.0. The third-order valence-corrected chi connectivity index (χ3v) is 9.64. The van der Waals surface area contributed by atoms with Gasteiger partial charge in [0, 0.05) is 12.1 Å². The molecule has 0 aromatic heterocycles. The zero-order valence-corrected chi connectivity index (χ0v) is 25.1. The Kier molecular flexibility index (Phi) is 5.94. The lowest BCUT2D eigenvalue weighted by molar-refractivity contribution is 0.00578. The van der Waals surface area contributed by atoms with Gasteiger partial charge >= 0.3 is 7.12 Å². The normalized spacial score (nSPS) is 16.1. The Bertz CT molecular complexity index is 2080. The molecule has 0 bridgehead atoms. The summed E-state index contributed by atoms with van der Waals surface area (Å²) in [6.45, 7) is 8.01. The smallest absolute Gasteiger partial charge is 0.399 e. The summed E-state index contributed by atoms with van der Waals surface area (Å²) in [5.41, 5.74) is 4.94. The average molecular weight is 602 g/mol. The van der Waals surface area contributed by atoms with E-state index in [-0.39, 0.29) is 0 Å². The first-order valence-corrected chi connectivity index (χ1v) is 14.9. The van der Waals surface area contributed by atoms with E-state index < -0.39 is 41.6 Å². The van der Waals surface area contributed by atoms with E-state index in [1.165, 1.54) is 24.3 Å². The lowest BCUT2D eigenvalue weighted by Gasteiger charge is -2.32. The van der Waals surface area contributed by atoms with Crippen molar-refractivity contribution < 1.29 is 26.9 Å². The van der Waals surface area contributed by atoms with E-state index in [1.54, 1.807) is 0 Å². The molecular formula is C38H27BF4O2. The van der Waals surface area contributed by atoms with E-state index in [0.717, 1.165) is 50.6 Å². The molecule has 0 radical (unpaired) electrons. The molecular weight excluding hydrogens is 575 g/mol. The lowest BCUT2D eigenvalue weighted by Crippen LogP contribution is -2.41. The van der Waals surface area contributed by atoms with Gasteiger partial charge in [-0.2, -0.15) is 0 Å². The predicted molar refractivity (Wildman–Crippen MR) is 172 cm³/mol. The Balaban J connectivity index is 1.52. The van der Waals surface area contributed by atoms with Crippen molar-refractivity contribution in [2.75, 3.05) is 0 Å². The molecule has 1 heterocycles. The highest BCUT2D eigenvalue weighted by atomic mass is 19.1. The van der Waals surface area contributed by atoms with Crippen LogP contribution in [0.2, 0.25) is 0 Å². The van der Waals surface area contributed by atoms with Gasteiger partial charge in [0.05, 0.1) is 11.2 Å². The fourth-order valence-corrected chi connectivity index (χ4v) is 6.99. The second-order valence-corrected chi connectivity index (χ2v) is 12.9. The van der Waals surface area contributed by atoms with Crippen LogP contribution in [0.1, 0.15) is 27.7 Å². The molecule has 2 nitrogen and oxygen atoms in total. The predicted octanol–water partition coefficient (Wildman–Crippen LogP) is 9.83. The zero-order valence-electron chi connectivity index (χ0n) is 25.1. The number of hydrogen-bond donors (Lipinski definition) is 0. The van der Waals surface area contributed by atoms with Gasteiger partial charge in [0.2, 0.25) is 0 Å². The Morgan fingerprint density at radius 2 is 0.933 bits per heavy atom. The maximum atomic E-state index is 14.8. The van der Waals surface area contributed by atoms with E-state index in [2.05, 4.69) is 0 Å². The van der Waals surface area contributed by atoms with Crippen LogP contribution in [0.3, 0.4) is 0 Å². The van der Waals surface area contributed by atoms with Crippen molar-refractivity contribution in [2.24, 2.45) is 0 Å². The molecule has 1 aliphatic carbocycles. The van der Waals surface area contributed by atoms with E-state index in [4.69, 9.17) is 9.31 Å². The molecule has 0 atom stereocenters. The summed E-state index contributed by atoms with van der Waals surface area (Å²) in [6.07, 6.45) is 0. The third-order valence-electron chi connectivity index (χ3n) is 9.64. The van der Waals surface area contributed by atoms with Crippen molar-refractivity contribution in [1.29, 1.82) is 0 Å². The molecule has 2 aliphatic rings. The van der Waals surface area contributed by atoms with E-state index >= 15 is 0 Å². The van der Waals surface area contributed by atoms with E-state index in [9.17, 15) is 17.6 Å². The number of benzene rings is 6. The van der Waals surface area contributed by atoms with Crippen LogP contribution in [-0.2, 0) is 9.31 Å². The van der Waals surface area contributed by atoms with Crippen LogP contribution in [0.5, 0.6) is 0 Å². The summed E-state index contributed by atoms with van der Waals surface area (Å²) in [5, 5.41) is 3.22. The van der Waals surface area contributed by atoms with Gasteiger partial charge in [0.25, 0.3) is 0 Å². The quantitative estimate of drug-likeness (QED) is 0.148. The number of halogens is 4. The summed E-state index contributed by atoms with van der Waals surface area (Å²) in [6, 6.07) is 24.4. The minimum atomic E-state index is -0.698. The first-order valence-electron chi connectivity index (χ1n) is 14.9. The molecule has 222 valence electrons. The molecule has 0 spiro atoms. The van der Waals surface area contributed by atoms with Gasteiger partial charge in [-0.05, 0) is 123 Å². The Morgan fingerprint density at radius 3 is 1.42 bits per heavy atom. The molecule has 1 aliphatic heterocycles. The minimum absolute atomic E-state index is 0.368. The second-order valence-electron chi connectivity index (χ2n) is 12.9. The minimum Gasteiger partial charge on any atom is -0.399 e. The standard InChI is InChI=1S/C38H27BF4O2/c1-37(2)38(3,4)45-39(44-37)31-13-12-30-34-28(31)10-7-11-29(34)35-32(20-14-22(40)18-23(41)15-20)26-8-5-6-9-27(26)33(36(30)35)21-16-24(42)19-25(43)17-21/h5-19H,1-4H3. The molecule has 45 heavy (non-hydrogen) atoms. The molecule has 0 saturated carbocycles. The Hall–Kier alpha value is -4.46. The molecule has 0 amide bonds.